The van der Waals surface area contributed by atoms with Crippen LogP contribution >= 0.6 is 12.6 Å². The summed E-state index contributed by atoms with van der Waals surface area (Å²) in [5.41, 5.74) is 0. The van der Waals surface area contributed by atoms with Crippen molar-refractivity contribution in [3.05, 3.63) is 0 Å². The van der Waals surface area contributed by atoms with Crippen molar-refractivity contribution in [1.29, 1.82) is 0 Å². The maximum atomic E-state index is 11.1. The van der Waals surface area contributed by atoms with E-state index in [1.54, 1.807) is 0 Å². The zero-order chi connectivity index (χ0) is 6.57. The lowest BCUT2D eigenvalue weighted by atomic mass is 10.7. The average molecular weight is 141 g/mol. The lowest BCUT2D eigenvalue weighted by Crippen LogP contribution is -2.29. The SMILES string of the molecule is O=C(CS)NC(F)F. The van der Waals surface area contributed by atoms with E-state index >= 15 is 0 Å². The van der Waals surface area contributed by atoms with Gasteiger partial charge in [0, 0.05) is 0 Å². The zero-order valence-electron chi connectivity index (χ0n) is 3.90. The van der Waals surface area contributed by atoms with Crippen LogP contribution in [-0.4, -0.2) is 18.2 Å². The van der Waals surface area contributed by atoms with E-state index < -0.39 is 12.5 Å². The Hall–Kier alpha value is -0.320. The number of hydrogen-bond donors (Lipinski definition) is 2. The van der Waals surface area contributed by atoms with Crippen molar-refractivity contribution in [3.8, 4) is 0 Å². The normalized spacial score (nSPS) is 9.50. The smallest absolute Gasteiger partial charge is 0.299 e. The highest BCUT2D eigenvalue weighted by molar-refractivity contribution is 7.81. The maximum absolute atomic E-state index is 11.1. The second kappa shape index (κ2) is 3.65. The summed E-state index contributed by atoms with van der Waals surface area (Å²) in [4.78, 5) is 9.95. The largest absolute Gasteiger partial charge is 0.315 e. The molecule has 0 unspecified atom stereocenters. The third kappa shape index (κ3) is 3.86. The number of thiol groups is 1. The van der Waals surface area contributed by atoms with Gasteiger partial charge in [0.05, 0.1) is 5.75 Å². The van der Waals surface area contributed by atoms with Gasteiger partial charge in [-0.3, -0.25) is 10.1 Å². The van der Waals surface area contributed by atoms with E-state index in [9.17, 15) is 13.6 Å². The van der Waals surface area contributed by atoms with Crippen molar-refractivity contribution in [2.24, 2.45) is 0 Å². The number of alkyl halides is 2. The van der Waals surface area contributed by atoms with Gasteiger partial charge < -0.3 is 0 Å². The van der Waals surface area contributed by atoms with Crippen LogP contribution in [0.15, 0.2) is 0 Å². The predicted octanol–water partition coefficient (Wildman–Crippen LogP) is 0.255. The minimum Gasteiger partial charge on any atom is -0.299 e. The summed E-state index contributed by atoms with van der Waals surface area (Å²) in [6.45, 7) is -2.77. The molecule has 48 valence electrons. The van der Waals surface area contributed by atoms with Crippen LogP contribution in [-0.2, 0) is 4.79 Å². The molecule has 0 aromatic rings. The van der Waals surface area contributed by atoms with Crippen LogP contribution in [0.1, 0.15) is 0 Å². The van der Waals surface area contributed by atoms with Gasteiger partial charge in [0.25, 0.3) is 0 Å². The van der Waals surface area contributed by atoms with Gasteiger partial charge in [-0.15, -0.1) is 0 Å². The molecule has 8 heavy (non-hydrogen) atoms. The van der Waals surface area contributed by atoms with Crippen LogP contribution in [0.5, 0.6) is 0 Å². The molecule has 0 aliphatic carbocycles. The molecule has 0 aliphatic heterocycles. The minimum absolute atomic E-state index is 0.204. The Balaban J connectivity index is 3.25. The second-order valence-electron chi connectivity index (χ2n) is 1.03. The molecule has 1 N–H and O–H groups in total. The Morgan fingerprint density at radius 3 is 2.38 bits per heavy atom. The molecule has 0 aromatic heterocycles. The third-order valence-corrected chi connectivity index (χ3v) is 0.701. The molecule has 1 amide bonds. The molecule has 5 heteroatoms. The Kier molecular flexibility index (Phi) is 3.51. The first-order valence-corrected chi connectivity index (χ1v) is 2.48. The molecule has 2 nitrogen and oxygen atoms in total. The molecule has 0 atom stereocenters. The fourth-order valence-electron chi connectivity index (χ4n) is 0.167. The van der Waals surface area contributed by atoms with Crippen molar-refractivity contribution in [1.82, 2.24) is 5.32 Å². The lowest BCUT2D eigenvalue weighted by molar-refractivity contribution is -0.122. The highest BCUT2D eigenvalue weighted by atomic mass is 32.1. The van der Waals surface area contributed by atoms with Gasteiger partial charge in [0.1, 0.15) is 0 Å². The van der Waals surface area contributed by atoms with Gasteiger partial charge in [-0.2, -0.15) is 21.4 Å². The van der Waals surface area contributed by atoms with Crippen molar-refractivity contribution < 1.29 is 13.6 Å². The highest BCUT2D eigenvalue weighted by Crippen LogP contribution is 1.84. The Labute approximate surface area is 50.7 Å². The van der Waals surface area contributed by atoms with Crippen LogP contribution in [0, 0.1) is 0 Å². The molecule has 0 fully saturated rings. The molecule has 0 heterocycles. The van der Waals surface area contributed by atoms with Crippen molar-refractivity contribution in [2.45, 2.75) is 6.55 Å². The van der Waals surface area contributed by atoms with Crippen molar-refractivity contribution >= 4 is 18.5 Å². The molecular formula is C3H5F2NOS. The topological polar surface area (TPSA) is 29.1 Å². The summed E-state index contributed by atoms with van der Waals surface area (Å²) in [5, 5.41) is 1.34. The fraction of sp³-hybridized carbons (Fsp3) is 0.667. The number of halogens is 2. The Morgan fingerprint density at radius 2 is 2.25 bits per heavy atom. The monoisotopic (exact) mass is 141 g/mol. The highest BCUT2D eigenvalue weighted by Gasteiger charge is 2.03. The van der Waals surface area contributed by atoms with Crippen LogP contribution in [0.25, 0.3) is 0 Å². The predicted molar refractivity (Wildman–Crippen MR) is 28.0 cm³/mol. The molecule has 0 bridgehead atoms. The number of nitrogens with one attached hydrogen (secondary N) is 1. The van der Waals surface area contributed by atoms with E-state index in [1.807, 2.05) is 0 Å². The molecule has 0 spiro atoms. The summed E-state index contributed by atoms with van der Waals surface area (Å²) < 4.78 is 22.2. The maximum Gasteiger partial charge on any atom is 0.315 e. The molecule has 0 rings (SSSR count). The molecule has 0 aromatic carbocycles. The van der Waals surface area contributed by atoms with E-state index in [4.69, 9.17) is 0 Å². The molecule has 0 radical (unpaired) electrons. The summed E-state index contributed by atoms with van der Waals surface area (Å²) in [6.07, 6.45) is 0. The zero-order valence-corrected chi connectivity index (χ0v) is 4.79. The fourth-order valence-corrected chi connectivity index (χ4v) is 0.259. The quantitative estimate of drug-likeness (QED) is 0.419. The number of hydrogen-bond acceptors (Lipinski definition) is 2. The molecule has 0 aliphatic rings. The van der Waals surface area contributed by atoms with Crippen LogP contribution < -0.4 is 5.32 Å². The first-order valence-electron chi connectivity index (χ1n) is 1.85. The van der Waals surface area contributed by atoms with Gasteiger partial charge in [-0.25, -0.2) is 0 Å². The van der Waals surface area contributed by atoms with Crippen LogP contribution in [0.2, 0.25) is 0 Å². The van der Waals surface area contributed by atoms with Gasteiger partial charge in [0.2, 0.25) is 5.91 Å². The molecule has 0 saturated heterocycles. The summed E-state index contributed by atoms with van der Waals surface area (Å²) >= 11 is 3.44. The first kappa shape index (κ1) is 7.68. The Morgan fingerprint density at radius 1 is 1.75 bits per heavy atom. The van der Waals surface area contributed by atoms with E-state index in [0.717, 1.165) is 0 Å². The molecule has 0 saturated carbocycles. The third-order valence-electron chi connectivity index (χ3n) is 0.414. The number of carbonyl (C=O) groups is 1. The van der Waals surface area contributed by atoms with Crippen LogP contribution in [0.4, 0.5) is 8.78 Å². The van der Waals surface area contributed by atoms with Gasteiger partial charge >= 0.3 is 6.55 Å². The van der Waals surface area contributed by atoms with Crippen molar-refractivity contribution in [3.63, 3.8) is 0 Å². The summed E-state index contributed by atoms with van der Waals surface area (Å²) in [7, 11) is 0. The second-order valence-corrected chi connectivity index (χ2v) is 1.34. The standard InChI is InChI=1S/C3H5F2NOS/c4-3(5)6-2(7)1-8/h3,8H,1H2,(H,6,7). The summed E-state index contributed by atoms with van der Waals surface area (Å²) in [5.74, 6) is -0.965. The van der Waals surface area contributed by atoms with E-state index in [-0.39, 0.29) is 5.75 Å². The summed E-state index contributed by atoms with van der Waals surface area (Å²) in [6, 6.07) is 0. The van der Waals surface area contributed by atoms with Crippen molar-refractivity contribution in [2.75, 3.05) is 5.75 Å². The van der Waals surface area contributed by atoms with Gasteiger partial charge in [0.15, 0.2) is 0 Å². The van der Waals surface area contributed by atoms with E-state index in [1.165, 1.54) is 5.32 Å². The number of carbonyl (C=O) groups excluding carboxylic acids is 1. The van der Waals surface area contributed by atoms with Gasteiger partial charge in [-0.05, 0) is 0 Å². The average Bonchev–Trinajstić information content (AvgIpc) is 1.65. The first-order chi connectivity index (χ1) is 3.66. The van der Waals surface area contributed by atoms with Gasteiger partial charge in [-0.1, -0.05) is 0 Å². The van der Waals surface area contributed by atoms with Crippen LogP contribution in [0.3, 0.4) is 0 Å². The van der Waals surface area contributed by atoms with E-state index in [2.05, 4.69) is 12.6 Å². The van der Waals surface area contributed by atoms with E-state index in [0.29, 0.717) is 0 Å². The minimum atomic E-state index is -2.77. The Bertz CT molecular complexity index is 87.4. The lowest BCUT2D eigenvalue weighted by Gasteiger charge is -1.97. The number of amides is 1. The molecular weight excluding hydrogens is 136 g/mol. The number of rotatable bonds is 2.